The molecule has 0 aliphatic heterocycles. The number of halogens is 3. The molecule has 6 nitrogen and oxygen atoms in total. The van der Waals surface area contributed by atoms with E-state index in [0.717, 1.165) is 5.56 Å². The van der Waals surface area contributed by atoms with Crippen LogP contribution in [0.4, 0.5) is 0 Å². The van der Waals surface area contributed by atoms with Crippen LogP contribution in [0.25, 0.3) is 5.65 Å². The molecule has 27 heavy (non-hydrogen) atoms. The summed E-state index contributed by atoms with van der Waals surface area (Å²) in [6.07, 6.45) is 1.69. The van der Waals surface area contributed by atoms with Gasteiger partial charge in [0.1, 0.15) is 18.0 Å². The maximum atomic E-state index is 12.1. The zero-order valence-corrected chi connectivity index (χ0v) is 16.3. The van der Waals surface area contributed by atoms with Crippen molar-refractivity contribution in [2.75, 3.05) is 6.61 Å². The van der Waals surface area contributed by atoms with Gasteiger partial charge in [-0.15, -0.1) is 0 Å². The van der Waals surface area contributed by atoms with Crippen molar-refractivity contribution in [1.82, 2.24) is 9.38 Å². The Hall–Kier alpha value is -2.28. The molecule has 0 aliphatic carbocycles. The summed E-state index contributed by atoms with van der Waals surface area (Å²) in [5.74, 6) is -0.441. The van der Waals surface area contributed by atoms with Gasteiger partial charge < -0.3 is 9.47 Å². The molecule has 0 saturated heterocycles. The van der Waals surface area contributed by atoms with Gasteiger partial charge in [-0.3, -0.25) is 9.20 Å². The first kappa shape index (κ1) is 19.5. The summed E-state index contributed by atoms with van der Waals surface area (Å²) in [7, 11) is 0. The second-order valence-electron chi connectivity index (χ2n) is 5.67. The molecule has 9 heteroatoms. The number of hydrogen-bond acceptors (Lipinski definition) is 5. The van der Waals surface area contributed by atoms with E-state index in [2.05, 4.69) is 4.98 Å². The normalized spacial score (nSPS) is 10.8. The maximum Gasteiger partial charge on any atom is 0.344 e. The number of carbonyl (C=O) groups excluding carboxylic acids is 1. The minimum absolute atomic E-state index is 0.156. The lowest BCUT2D eigenvalue weighted by atomic mass is 10.3. The molecular weight excluding hydrogens is 415 g/mol. The van der Waals surface area contributed by atoms with Crippen LogP contribution in [0.2, 0.25) is 15.1 Å². The second kappa shape index (κ2) is 8.17. The summed E-state index contributed by atoms with van der Waals surface area (Å²) in [5.41, 5.74) is 1.49. The van der Waals surface area contributed by atoms with Crippen LogP contribution in [-0.4, -0.2) is 22.0 Å². The summed E-state index contributed by atoms with van der Waals surface area (Å²) in [6, 6.07) is 7.70. The van der Waals surface area contributed by atoms with Gasteiger partial charge in [0.15, 0.2) is 6.61 Å². The molecule has 0 aliphatic rings. The van der Waals surface area contributed by atoms with Crippen LogP contribution in [0.3, 0.4) is 0 Å². The average Bonchev–Trinajstić information content (AvgIpc) is 2.62. The second-order valence-corrected chi connectivity index (χ2v) is 6.89. The van der Waals surface area contributed by atoms with Gasteiger partial charge in [-0.1, -0.05) is 40.9 Å². The molecule has 140 valence electrons. The third-order valence-corrected chi connectivity index (χ3v) is 4.58. The number of carbonyl (C=O) groups is 1. The minimum Gasteiger partial charge on any atom is -0.480 e. The molecular formula is C18H13Cl3N2O4. The van der Waals surface area contributed by atoms with Gasteiger partial charge in [0.2, 0.25) is 0 Å². The molecule has 0 spiro atoms. The minimum atomic E-state index is -0.650. The number of aryl methyl sites for hydroxylation is 1. The molecule has 0 saturated carbocycles. The van der Waals surface area contributed by atoms with Gasteiger partial charge in [0.05, 0.1) is 20.8 Å². The Kier molecular flexibility index (Phi) is 5.89. The van der Waals surface area contributed by atoms with E-state index in [-0.39, 0.29) is 39.6 Å². The first-order valence-corrected chi connectivity index (χ1v) is 8.89. The van der Waals surface area contributed by atoms with Crippen molar-refractivity contribution >= 4 is 46.4 Å². The average molecular weight is 428 g/mol. The Labute approximate surface area is 169 Å². The standard InChI is InChI=1S/C18H13Cl3N2O4/c1-10-2-3-16-22-11(4-17(24)23(16)7-10)8-27-18(25)9-26-15-6-13(20)12(19)5-14(15)21/h2-7H,8-9H2,1H3. The van der Waals surface area contributed by atoms with Crippen molar-refractivity contribution in [2.45, 2.75) is 13.5 Å². The molecule has 1 aromatic carbocycles. The quantitative estimate of drug-likeness (QED) is 0.453. The Morgan fingerprint density at radius 1 is 1.11 bits per heavy atom. The number of pyridine rings is 1. The van der Waals surface area contributed by atoms with Gasteiger partial charge in [0, 0.05) is 18.3 Å². The molecule has 0 fully saturated rings. The van der Waals surface area contributed by atoms with E-state index < -0.39 is 5.97 Å². The molecule has 0 N–H and O–H groups in total. The first-order valence-electron chi connectivity index (χ1n) is 7.75. The van der Waals surface area contributed by atoms with Crippen molar-refractivity contribution in [3.63, 3.8) is 0 Å². The first-order chi connectivity index (χ1) is 12.8. The highest BCUT2D eigenvalue weighted by atomic mass is 35.5. The topological polar surface area (TPSA) is 69.9 Å². The molecule has 2 aromatic heterocycles. The van der Waals surface area contributed by atoms with Gasteiger partial charge >= 0.3 is 5.97 Å². The van der Waals surface area contributed by atoms with Crippen molar-refractivity contribution in [2.24, 2.45) is 0 Å². The summed E-state index contributed by atoms with van der Waals surface area (Å²) < 4.78 is 11.8. The zero-order valence-electron chi connectivity index (χ0n) is 14.0. The summed E-state index contributed by atoms with van der Waals surface area (Å²) in [4.78, 5) is 28.3. The van der Waals surface area contributed by atoms with Gasteiger partial charge in [-0.25, -0.2) is 9.78 Å². The summed E-state index contributed by atoms with van der Waals surface area (Å²) >= 11 is 17.7. The fourth-order valence-corrected chi connectivity index (χ4v) is 2.87. The van der Waals surface area contributed by atoms with Crippen molar-refractivity contribution in [3.05, 3.63) is 73.2 Å². The summed E-state index contributed by atoms with van der Waals surface area (Å²) in [6.45, 7) is 1.34. The monoisotopic (exact) mass is 426 g/mol. The number of aromatic nitrogens is 2. The maximum absolute atomic E-state index is 12.1. The van der Waals surface area contributed by atoms with E-state index >= 15 is 0 Å². The van der Waals surface area contributed by atoms with Crippen molar-refractivity contribution < 1.29 is 14.3 Å². The van der Waals surface area contributed by atoms with Crippen LogP contribution in [0.1, 0.15) is 11.3 Å². The summed E-state index contributed by atoms with van der Waals surface area (Å²) in [5, 5.41) is 0.748. The van der Waals surface area contributed by atoms with E-state index in [9.17, 15) is 9.59 Å². The number of hydrogen-bond donors (Lipinski definition) is 0. The van der Waals surface area contributed by atoms with E-state index in [1.807, 2.05) is 13.0 Å². The van der Waals surface area contributed by atoms with E-state index in [1.54, 1.807) is 12.3 Å². The van der Waals surface area contributed by atoms with Crippen LogP contribution in [0.15, 0.2) is 41.3 Å². The molecule has 3 aromatic rings. The van der Waals surface area contributed by atoms with Crippen LogP contribution < -0.4 is 10.3 Å². The van der Waals surface area contributed by atoms with Crippen LogP contribution >= 0.6 is 34.8 Å². The fraction of sp³-hybridized carbons (Fsp3) is 0.167. The van der Waals surface area contributed by atoms with Crippen LogP contribution in [0.5, 0.6) is 5.75 Å². The van der Waals surface area contributed by atoms with E-state index in [0.29, 0.717) is 11.3 Å². The van der Waals surface area contributed by atoms with E-state index in [1.165, 1.54) is 22.6 Å². The third kappa shape index (κ3) is 4.71. The Morgan fingerprint density at radius 2 is 1.85 bits per heavy atom. The number of rotatable bonds is 5. The highest BCUT2D eigenvalue weighted by molar-refractivity contribution is 6.43. The molecule has 0 unspecified atom stereocenters. The van der Waals surface area contributed by atoms with Crippen molar-refractivity contribution in [1.29, 1.82) is 0 Å². The number of nitrogens with zero attached hydrogens (tertiary/aromatic N) is 2. The fourth-order valence-electron chi connectivity index (χ4n) is 2.28. The zero-order chi connectivity index (χ0) is 19.6. The van der Waals surface area contributed by atoms with Crippen LogP contribution in [0, 0.1) is 6.92 Å². The number of benzene rings is 1. The van der Waals surface area contributed by atoms with E-state index in [4.69, 9.17) is 44.3 Å². The molecule has 0 bridgehead atoms. The Morgan fingerprint density at radius 3 is 2.63 bits per heavy atom. The van der Waals surface area contributed by atoms with Gasteiger partial charge in [-0.05, 0) is 24.6 Å². The lowest BCUT2D eigenvalue weighted by molar-refractivity contribution is -0.147. The lowest BCUT2D eigenvalue weighted by Gasteiger charge is -2.09. The molecule has 0 amide bonds. The number of esters is 1. The molecule has 2 heterocycles. The van der Waals surface area contributed by atoms with Crippen molar-refractivity contribution in [3.8, 4) is 5.75 Å². The highest BCUT2D eigenvalue weighted by Gasteiger charge is 2.11. The SMILES string of the molecule is Cc1ccc2nc(COC(=O)COc3cc(Cl)c(Cl)cc3Cl)cc(=O)n2c1. The lowest BCUT2D eigenvalue weighted by Crippen LogP contribution is -2.18. The predicted molar refractivity (Wildman–Crippen MR) is 103 cm³/mol. The smallest absolute Gasteiger partial charge is 0.344 e. The largest absolute Gasteiger partial charge is 0.480 e. The Bertz CT molecular complexity index is 1080. The number of ether oxygens (including phenoxy) is 2. The predicted octanol–water partition coefficient (Wildman–Crippen LogP) is 4.09. The molecule has 0 atom stereocenters. The van der Waals surface area contributed by atoms with Gasteiger partial charge in [0.25, 0.3) is 5.56 Å². The number of fused-ring (bicyclic) bond motifs is 1. The highest BCUT2D eigenvalue weighted by Crippen LogP contribution is 2.33. The van der Waals surface area contributed by atoms with Crippen LogP contribution in [-0.2, 0) is 16.1 Å². The Balaban J connectivity index is 1.63. The molecule has 0 radical (unpaired) electrons. The van der Waals surface area contributed by atoms with Gasteiger partial charge in [-0.2, -0.15) is 0 Å². The third-order valence-electron chi connectivity index (χ3n) is 3.56. The molecule has 3 rings (SSSR count).